The van der Waals surface area contributed by atoms with Gasteiger partial charge in [0.1, 0.15) is 5.75 Å². The Bertz CT molecular complexity index is 737. The van der Waals surface area contributed by atoms with E-state index in [-0.39, 0.29) is 12.0 Å². The summed E-state index contributed by atoms with van der Waals surface area (Å²) in [5, 5.41) is 13.1. The molecule has 1 aromatic heterocycles. The van der Waals surface area contributed by atoms with E-state index >= 15 is 0 Å². The minimum Gasteiger partial charge on any atom is -0.493 e. The summed E-state index contributed by atoms with van der Waals surface area (Å²) in [7, 11) is 1.51. The lowest BCUT2D eigenvalue weighted by molar-refractivity contribution is -0.136. The van der Waals surface area contributed by atoms with Gasteiger partial charge in [-0.25, -0.2) is 4.68 Å². The molecule has 0 unspecified atom stereocenters. The van der Waals surface area contributed by atoms with Gasteiger partial charge in [0.2, 0.25) is 0 Å². The number of ether oxygens (including phenoxy) is 1. The van der Waals surface area contributed by atoms with Crippen molar-refractivity contribution in [2.75, 3.05) is 6.61 Å². The highest BCUT2D eigenvalue weighted by Crippen LogP contribution is 2.28. The van der Waals surface area contributed by atoms with Crippen molar-refractivity contribution < 1.29 is 14.6 Å². The van der Waals surface area contributed by atoms with Crippen LogP contribution < -0.4 is 10.3 Å². The maximum absolute atomic E-state index is 12.0. The van der Waals surface area contributed by atoms with E-state index in [4.69, 9.17) is 9.84 Å². The van der Waals surface area contributed by atoms with Crippen molar-refractivity contribution in [3.8, 4) is 17.0 Å². The molecule has 0 atom stereocenters. The number of aryl methyl sites for hydroxylation is 1. The second-order valence-electron chi connectivity index (χ2n) is 4.90. The molecule has 22 heavy (non-hydrogen) atoms. The largest absolute Gasteiger partial charge is 0.493 e. The van der Waals surface area contributed by atoms with Crippen molar-refractivity contribution in [2.24, 2.45) is 7.05 Å². The van der Waals surface area contributed by atoms with Crippen LogP contribution in [0.5, 0.6) is 5.75 Å². The number of nitrogens with zero attached hydrogens (tertiary/aromatic N) is 2. The van der Waals surface area contributed by atoms with Crippen LogP contribution in [0, 0.1) is 0 Å². The third-order valence-electron chi connectivity index (χ3n) is 3.10. The molecule has 6 heteroatoms. The van der Waals surface area contributed by atoms with Gasteiger partial charge in [0.05, 0.1) is 18.7 Å². The summed E-state index contributed by atoms with van der Waals surface area (Å²) in [6.45, 7) is 2.59. The summed E-state index contributed by atoms with van der Waals surface area (Å²) in [5.74, 6) is -0.387. The molecular weight excluding hydrogens is 284 g/mol. The number of carboxylic acids is 1. The molecule has 0 spiro atoms. The quantitative estimate of drug-likeness (QED) is 0.881. The molecule has 0 aliphatic rings. The van der Waals surface area contributed by atoms with Crippen molar-refractivity contribution >= 4 is 5.97 Å². The first-order valence-corrected chi connectivity index (χ1v) is 7.04. The smallest absolute Gasteiger partial charge is 0.308 e. The third-order valence-corrected chi connectivity index (χ3v) is 3.10. The van der Waals surface area contributed by atoms with Crippen molar-refractivity contribution in [1.82, 2.24) is 9.78 Å². The van der Waals surface area contributed by atoms with Crippen molar-refractivity contribution in [3.63, 3.8) is 0 Å². The first kappa shape index (κ1) is 15.8. The molecular formula is C16H18N2O4. The standard InChI is InChI=1S/C16H18N2O4/c1-3-8-22-14-7-5-4-6-12(14)13-9-11(10-15(19)20)16(21)18(2)17-13/h4-7,9H,3,8,10H2,1-2H3,(H,19,20). The second-order valence-corrected chi connectivity index (χ2v) is 4.90. The molecule has 0 bridgehead atoms. The fourth-order valence-electron chi connectivity index (χ4n) is 2.11. The molecule has 0 aliphatic carbocycles. The van der Waals surface area contributed by atoms with Crippen LogP contribution in [0.15, 0.2) is 35.1 Å². The van der Waals surface area contributed by atoms with Gasteiger partial charge in [0, 0.05) is 18.2 Å². The summed E-state index contributed by atoms with van der Waals surface area (Å²) < 4.78 is 6.85. The monoisotopic (exact) mass is 302 g/mol. The predicted molar refractivity (Wildman–Crippen MR) is 82.0 cm³/mol. The maximum atomic E-state index is 12.0. The number of hydrogen-bond acceptors (Lipinski definition) is 4. The van der Waals surface area contributed by atoms with Gasteiger partial charge < -0.3 is 9.84 Å². The number of benzene rings is 1. The Morgan fingerprint density at radius 3 is 2.77 bits per heavy atom. The number of aromatic nitrogens is 2. The van der Waals surface area contributed by atoms with Crippen LogP contribution in [0.3, 0.4) is 0 Å². The van der Waals surface area contributed by atoms with E-state index in [0.29, 0.717) is 18.1 Å². The van der Waals surface area contributed by atoms with Crippen LogP contribution in [-0.2, 0) is 18.3 Å². The highest BCUT2D eigenvalue weighted by Gasteiger charge is 2.13. The second kappa shape index (κ2) is 6.89. The van der Waals surface area contributed by atoms with Gasteiger partial charge in [-0.2, -0.15) is 5.10 Å². The van der Waals surface area contributed by atoms with E-state index in [1.807, 2.05) is 31.2 Å². The van der Waals surface area contributed by atoms with Crippen molar-refractivity contribution in [1.29, 1.82) is 0 Å². The van der Waals surface area contributed by atoms with E-state index in [2.05, 4.69) is 5.10 Å². The number of para-hydroxylation sites is 1. The molecule has 0 amide bonds. The Balaban J connectivity index is 2.51. The van der Waals surface area contributed by atoms with Gasteiger partial charge in [-0.05, 0) is 24.6 Å². The summed E-state index contributed by atoms with van der Waals surface area (Å²) in [5.41, 5.74) is 1.05. The lowest BCUT2D eigenvalue weighted by atomic mass is 10.1. The van der Waals surface area contributed by atoms with Crippen LogP contribution in [-0.4, -0.2) is 27.5 Å². The third kappa shape index (κ3) is 3.52. The first-order valence-electron chi connectivity index (χ1n) is 7.04. The molecule has 6 nitrogen and oxygen atoms in total. The van der Waals surface area contributed by atoms with Gasteiger partial charge in [-0.1, -0.05) is 19.1 Å². The van der Waals surface area contributed by atoms with E-state index < -0.39 is 11.5 Å². The van der Waals surface area contributed by atoms with Gasteiger partial charge in [-0.15, -0.1) is 0 Å². The molecule has 0 saturated carbocycles. The summed E-state index contributed by atoms with van der Waals surface area (Å²) in [4.78, 5) is 22.8. The molecule has 1 N–H and O–H groups in total. The number of carbonyl (C=O) groups is 1. The van der Waals surface area contributed by atoms with Gasteiger partial charge in [-0.3, -0.25) is 9.59 Å². The molecule has 1 heterocycles. The molecule has 116 valence electrons. The van der Waals surface area contributed by atoms with Crippen LogP contribution in [0.1, 0.15) is 18.9 Å². The summed E-state index contributed by atoms with van der Waals surface area (Å²) in [6, 6.07) is 8.88. The Labute approximate surface area is 128 Å². The molecule has 0 aliphatic heterocycles. The number of hydrogen-bond donors (Lipinski definition) is 1. The molecule has 2 rings (SSSR count). The van der Waals surface area contributed by atoms with Crippen LogP contribution in [0.2, 0.25) is 0 Å². The topological polar surface area (TPSA) is 81.4 Å². The molecule has 0 radical (unpaired) electrons. The lowest BCUT2D eigenvalue weighted by Crippen LogP contribution is -2.25. The van der Waals surface area contributed by atoms with Crippen LogP contribution in [0.4, 0.5) is 0 Å². The zero-order valence-corrected chi connectivity index (χ0v) is 12.6. The molecule has 0 saturated heterocycles. The highest BCUT2D eigenvalue weighted by molar-refractivity contribution is 5.72. The van der Waals surface area contributed by atoms with E-state index in [1.165, 1.54) is 13.1 Å². The maximum Gasteiger partial charge on any atom is 0.308 e. The SMILES string of the molecule is CCCOc1ccccc1-c1cc(CC(=O)O)c(=O)n(C)n1. The van der Waals surface area contributed by atoms with Gasteiger partial charge in [0.15, 0.2) is 0 Å². The fourth-order valence-corrected chi connectivity index (χ4v) is 2.11. The Kier molecular flexibility index (Phi) is 4.93. The summed E-state index contributed by atoms with van der Waals surface area (Å²) >= 11 is 0. The number of carboxylic acid groups (broad SMARTS) is 1. The average Bonchev–Trinajstić information content (AvgIpc) is 2.49. The number of rotatable bonds is 6. The fraction of sp³-hybridized carbons (Fsp3) is 0.312. The first-order chi connectivity index (χ1) is 10.5. The molecule has 0 fully saturated rings. The zero-order chi connectivity index (χ0) is 16.1. The zero-order valence-electron chi connectivity index (χ0n) is 12.6. The highest BCUT2D eigenvalue weighted by atomic mass is 16.5. The van der Waals surface area contributed by atoms with E-state index in [1.54, 1.807) is 0 Å². The van der Waals surface area contributed by atoms with Gasteiger partial charge in [0.25, 0.3) is 5.56 Å². The van der Waals surface area contributed by atoms with Crippen molar-refractivity contribution in [2.45, 2.75) is 19.8 Å². The Morgan fingerprint density at radius 2 is 2.09 bits per heavy atom. The minimum absolute atomic E-state index is 0.199. The van der Waals surface area contributed by atoms with Crippen LogP contribution >= 0.6 is 0 Å². The normalized spacial score (nSPS) is 10.5. The number of aliphatic carboxylic acids is 1. The molecule has 2 aromatic rings. The average molecular weight is 302 g/mol. The Morgan fingerprint density at radius 1 is 1.36 bits per heavy atom. The minimum atomic E-state index is -1.05. The molecule has 1 aromatic carbocycles. The van der Waals surface area contributed by atoms with Crippen LogP contribution in [0.25, 0.3) is 11.3 Å². The van der Waals surface area contributed by atoms with E-state index in [0.717, 1.165) is 16.7 Å². The predicted octanol–water partition coefficient (Wildman–Crippen LogP) is 1.86. The van der Waals surface area contributed by atoms with Crippen molar-refractivity contribution in [3.05, 3.63) is 46.2 Å². The van der Waals surface area contributed by atoms with E-state index in [9.17, 15) is 9.59 Å². The summed E-state index contributed by atoms with van der Waals surface area (Å²) in [6.07, 6.45) is 0.541. The van der Waals surface area contributed by atoms with Gasteiger partial charge >= 0.3 is 5.97 Å². The Hall–Kier alpha value is -2.63. The lowest BCUT2D eigenvalue weighted by Gasteiger charge is -2.12.